The van der Waals surface area contributed by atoms with E-state index >= 15 is 0 Å². The second kappa shape index (κ2) is 7.60. The maximum Gasteiger partial charge on any atom is 0.261 e. The molecule has 0 bridgehead atoms. The lowest BCUT2D eigenvalue weighted by molar-refractivity contribution is 0.0630. The van der Waals surface area contributed by atoms with Crippen LogP contribution in [0.2, 0.25) is 0 Å². The number of piperazine rings is 1. The van der Waals surface area contributed by atoms with E-state index < -0.39 is 0 Å². The molecule has 25 heavy (non-hydrogen) atoms. The first-order chi connectivity index (χ1) is 12.1. The first kappa shape index (κ1) is 17.3. The highest BCUT2D eigenvalue weighted by molar-refractivity contribution is 5.94. The Kier molecular flexibility index (Phi) is 5.28. The van der Waals surface area contributed by atoms with Crippen LogP contribution in [0.5, 0.6) is 0 Å². The Labute approximate surface area is 146 Å². The summed E-state index contributed by atoms with van der Waals surface area (Å²) >= 11 is 0. The summed E-state index contributed by atoms with van der Waals surface area (Å²) in [5.74, 6) is -0.178. The Morgan fingerprint density at radius 2 is 2.00 bits per heavy atom. The SMILES string of the molecule is CCc1[nH]c(=O)c(C(=O)N2CCN(CCn3cncn3)CC2)cc1C. The zero-order valence-electron chi connectivity index (χ0n) is 14.7. The van der Waals surface area contributed by atoms with Gasteiger partial charge in [-0.3, -0.25) is 19.2 Å². The lowest BCUT2D eigenvalue weighted by Crippen LogP contribution is -2.50. The molecular weight excluding hydrogens is 320 g/mol. The Hall–Kier alpha value is -2.48. The molecule has 1 N–H and O–H groups in total. The minimum atomic E-state index is -0.291. The number of H-pyrrole nitrogens is 1. The van der Waals surface area contributed by atoms with Gasteiger partial charge >= 0.3 is 0 Å². The molecule has 2 aromatic rings. The van der Waals surface area contributed by atoms with Gasteiger partial charge in [0.25, 0.3) is 11.5 Å². The van der Waals surface area contributed by atoms with Crippen LogP contribution in [-0.4, -0.2) is 68.2 Å². The summed E-state index contributed by atoms with van der Waals surface area (Å²) in [5, 5.41) is 4.09. The van der Waals surface area contributed by atoms with Crippen molar-refractivity contribution in [3.63, 3.8) is 0 Å². The van der Waals surface area contributed by atoms with Crippen molar-refractivity contribution in [2.24, 2.45) is 0 Å². The minimum absolute atomic E-state index is 0.178. The molecule has 0 saturated carbocycles. The minimum Gasteiger partial charge on any atom is -0.336 e. The third-order valence-electron chi connectivity index (χ3n) is 4.70. The summed E-state index contributed by atoms with van der Waals surface area (Å²) in [6, 6.07) is 1.72. The van der Waals surface area contributed by atoms with Gasteiger partial charge in [-0.1, -0.05) is 6.92 Å². The molecule has 134 valence electrons. The van der Waals surface area contributed by atoms with Crippen molar-refractivity contribution in [2.45, 2.75) is 26.8 Å². The number of pyridine rings is 1. The van der Waals surface area contributed by atoms with E-state index in [4.69, 9.17) is 0 Å². The molecule has 1 saturated heterocycles. The Morgan fingerprint density at radius 1 is 1.24 bits per heavy atom. The van der Waals surface area contributed by atoms with Crippen molar-refractivity contribution in [3.05, 3.63) is 45.9 Å². The molecule has 0 radical (unpaired) electrons. The summed E-state index contributed by atoms with van der Waals surface area (Å²) in [4.78, 5) is 35.7. The van der Waals surface area contributed by atoms with E-state index in [0.717, 1.165) is 43.9 Å². The maximum absolute atomic E-state index is 12.7. The first-order valence-corrected chi connectivity index (χ1v) is 8.65. The van der Waals surface area contributed by atoms with Gasteiger partial charge in [-0.15, -0.1) is 0 Å². The van der Waals surface area contributed by atoms with E-state index in [-0.39, 0.29) is 17.0 Å². The van der Waals surface area contributed by atoms with Gasteiger partial charge in [0.05, 0.1) is 6.54 Å². The number of nitrogens with zero attached hydrogens (tertiary/aromatic N) is 5. The molecule has 1 aliphatic heterocycles. The van der Waals surface area contributed by atoms with Crippen molar-refractivity contribution < 1.29 is 4.79 Å². The van der Waals surface area contributed by atoms with Crippen molar-refractivity contribution in [2.75, 3.05) is 32.7 Å². The van der Waals surface area contributed by atoms with Crippen LogP contribution in [-0.2, 0) is 13.0 Å². The summed E-state index contributed by atoms with van der Waals surface area (Å²) in [7, 11) is 0. The van der Waals surface area contributed by atoms with E-state index in [9.17, 15) is 9.59 Å². The molecule has 0 spiro atoms. The summed E-state index contributed by atoms with van der Waals surface area (Å²) in [6.07, 6.45) is 3.98. The molecule has 1 amide bonds. The highest BCUT2D eigenvalue weighted by Crippen LogP contribution is 2.10. The number of aromatic amines is 1. The average molecular weight is 344 g/mol. The van der Waals surface area contributed by atoms with Crippen LogP contribution >= 0.6 is 0 Å². The van der Waals surface area contributed by atoms with Crippen molar-refractivity contribution >= 4 is 5.91 Å². The predicted octanol–water partition coefficient (Wildman–Crippen LogP) is 0.295. The fraction of sp³-hybridized carbons (Fsp3) is 0.529. The van der Waals surface area contributed by atoms with Crippen LogP contribution in [0.1, 0.15) is 28.5 Å². The third kappa shape index (κ3) is 3.96. The summed E-state index contributed by atoms with van der Waals surface area (Å²) in [6.45, 7) is 8.41. The van der Waals surface area contributed by atoms with Gasteiger partial charge in [0, 0.05) is 38.4 Å². The number of nitrogens with one attached hydrogen (secondary N) is 1. The van der Waals surface area contributed by atoms with E-state index in [1.165, 1.54) is 6.33 Å². The molecule has 1 aliphatic rings. The lowest BCUT2D eigenvalue weighted by atomic mass is 10.1. The van der Waals surface area contributed by atoms with Crippen LogP contribution in [0.4, 0.5) is 0 Å². The maximum atomic E-state index is 12.7. The molecule has 3 rings (SSSR count). The van der Waals surface area contributed by atoms with E-state index in [1.54, 1.807) is 22.0 Å². The second-order valence-corrected chi connectivity index (χ2v) is 6.32. The molecule has 8 nitrogen and oxygen atoms in total. The number of aromatic nitrogens is 4. The molecule has 8 heteroatoms. The fourth-order valence-electron chi connectivity index (χ4n) is 3.14. The number of carbonyl (C=O) groups is 1. The Bertz CT molecular complexity index is 775. The molecule has 3 heterocycles. The van der Waals surface area contributed by atoms with Crippen molar-refractivity contribution in [3.8, 4) is 0 Å². The zero-order chi connectivity index (χ0) is 17.8. The number of hydrogen-bond donors (Lipinski definition) is 1. The number of rotatable bonds is 5. The predicted molar refractivity (Wildman–Crippen MR) is 93.5 cm³/mol. The molecule has 2 aromatic heterocycles. The van der Waals surface area contributed by atoms with Crippen molar-refractivity contribution in [1.29, 1.82) is 0 Å². The average Bonchev–Trinajstić information content (AvgIpc) is 3.15. The van der Waals surface area contributed by atoms with Gasteiger partial charge in [0.15, 0.2) is 0 Å². The van der Waals surface area contributed by atoms with Gasteiger partial charge < -0.3 is 9.88 Å². The van der Waals surface area contributed by atoms with Gasteiger partial charge in [-0.25, -0.2) is 4.98 Å². The van der Waals surface area contributed by atoms with Crippen LogP contribution in [0.3, 0.4) is 0 Å². The first-order valence-electron chi connectivity index (χ1n) is 8.65. The normalized spacial score (nSPS) is 15.5. The van der Waals surface area contributed by atoms with Crippen LogP contribution < -0.4 is 5.56 Å². The smallest absolute Gasteiger partial charge is 0.261 e. The zero-order valence-corrected chi connectivity index (χ0v) is 14.7. The van der Waals surface area contributed by atoms with Crippen LogP contribution in [0.25, 0.3) is 0 Å². The molecular formula is C17H24N6O2. The number of aryl methyl sites for hydroxylation is 2. The van der Waals surface area contributed by atoms with E-state index in [1.807, 2.05) is 13.8 Å². The second-order valence-electron chi connectivity index (χ2n) is 6.32. The van der Waals surface area contributed by atoms with Gasteiger partial charge in [0.1, 0.15) is 18.2 Å². The van der Waals surface area contributed by atoms with E-state index in [0.29, 0.717) is 13.1 Å². The van der Waals surface area contributed by atoms with Gasteiger partial charge in [-0.05, 0) is 25.0 Å². The van der Waals surface area contributed by atoms with Gasteiger partial charge in [-0.2, -0.15) is 5.10 Å². The fourth-order valence-corrected chi connectivity index (χ4v) is 3.14. The molecule has 0 aliphatic carbocycles. The Balaban J connectivity index is 1.58. The number of carbonyl (C=O) groups excluding carboxylic acids is 1. The van der Waals surface area contributed by atoms with E-state index in [2.05, 4.69) is 20.0 Å². The molecule has 0 unspecified atom stereocenters. The quantitative estimate of drug-likeness (QED) is 0.843. The topological polar surface area (TPSA) is 87.1 Å². The highest BCUT2D eigenvalue weighted by Gasteiger charge is 2.24. The third-order valence-corrected chi connectivity index (χ3v) is 4.70. The molecule has 0 atom stereocenters. The van der Waals surface area contributed by atoms with Crippen molar-refractivity contribution in [1.82, 2.24) is 29.5 Å². The highest BCUT2D eigenvalue weighted by atomic mass is 16.2. The lowest BCUT2D eigenvalue weighted by Gasteiger charge is -2.34. The number of hydrogen-bond acceptors (Lipinski definition) is 5. The van der Waals surface area contributed by atoms with Crippen LogP contribution in [0, 0.1) is 6.92 Å². The van der Waals surface area contributed by atoms with Crippen LogP contribution in [0.15, 0.2) is 23.5 Å². The summed E-state index contributed by atoms with van der Waals surface area (Å²) in [5.41, 5.74) is 1.79. The number of amides is 1. The molecule has 1 fully saturated rings. The van der Waals surface area contributed by atoms with Gasteiger partial charge in [0.2, 0.25) is 0 Å². The largest absolute Gasteiger partial charge is 0.336 e. The molecule has 0 aromatic carbocycles. The standard InChI is InChI=1S/C17H24N6O2/c1-3-15-13(2)10-14(16(24)20-15)17(25)22-7-4-21(5-8-22)6-9-23-12-18-11-19-23/h10-12H,3-9H2,1-2H3,(H,20,24). The monoisotopic (exact) mass is 344 g/mol. The summed E-state index contributed by atoms with van der Waals surface area (Å²) < 4.78 is 1.80. The Morgan fingerprint density at radius 3 is 2.64 bits per heavy atom.